The average Bonchev–Trinajstić information content (AvgIpc) is 3.09. The molecule has 10 heteroatoms. The minimum atomic E-state index is -0.489. The molecule has 2 aromatic carbocycles. The summed E-state index contributed by atoms with van der Waals surface area (Å²) in [5.41, 5.74) is 7.80. The Kier molecular flexibility index (Phi) is 5.90. The van der Waals surface area contributed by atoms with Crippen molar-refractivity contribution in [3.63, 3.8) is 0 Å². The second kappa shape index (κ2) is 8.53. The van der Waals surface area contributed by atoms with Gasteiger partial charge >= 0.3 is 0 Å². The molecule has 144 valence electrons. The van der Waals surface area contributed by atoms with Gasteiger partial charge in [0, 0.05) is 35.6 Å². The number of rotatable bonds is 7. The normalized spacial score (nSPS) is 10.6. The van der Waals surface area contributed by atoms with E-state index in [0.29, 0.717) is 28.9 Å². The lowest BCUT2D eigenvalue weighted by molar-refractivity contribution is -0.384. The van der Waals surface area contributed by atoms with Gasteiger partial charge in [-0.2, -0.15) is 0 Å². The minimum Gasteiger partial charge on any atom is -0.399 e. The first kappa shape index (κ1) is 19.4. The quantitative estimate of drug-likeness (QED) is 0.271. The third kappa shape index (κ3) is 4.46. The van der Waals surface area contributed by atoms with Crippen LogP contribution in [0.15, 0.2) is 53.7 Å². The highest BCUT2D eigenvalue weighted by Gasteiger charge is 2.15. The molecular weight excluding hydrogens is 380 g/mol. The van der Waals surface area contributed by atoms with Crippen molar-refractivity contribution < 1.29 is 9.72 Å². The second-order valence-electron chi connectivity index (χ2n) is 5.82. The van der Waals surface area contributed by atoms with E-state index in [1.54, 1.807) is 6.07 Å². The summed E-state index contributed by atoms with van der Waals surface area (Å²) in [4.78, 5) is 22.4. The van der Waals surface area contributed by atoms with Gasteiger partial charge in [-0.15, -0.1) is 10.2 Å². The Morgan fingerprint density at radius 3 is 2.64 bits per heavy atom. The number of nitrogens with two attached hydrogens (primary N) is 1. The lowest BCUT2D eigenvalue weighted by atomic mass is 10.2. The van der Waals surface area contributed by atoms with E-state index >= 15 is 0 Å². The molecule has 1 amide bonds. The predicted molar refractivity (Wildman–Crippen MR) is 108 cm³/mol. The van der Waals surface area contributed by atoms with Gasteiger partial charge in [0.2, 0.25) is 5.91 Å². The smallest absolute Gasteiger partial charge is 0.269 e. The third-order valence-electron chi connectivity index (χ3n) is 3.87. The molecule has 3 rings (SSSR count). The number of nitrogens with zero attached hydrogens (tertiary/aromatic N) is 4. The molecule has 28 heavy (non-hydrogen) atoms. The molecule has 9 nitrogen and oxygen atoms in total. The van der Waals surface area contributed by atoms with E-state index in [2.05, 4.69) is 15.5 Å². The van der Waals surface area contributed by atoms with Crippen molar-refractivity contribution in [1.29, 1.82) is 0 Å². The number of hydrogen-bond donors (Lipinski definition) is 2. The molecule has 0 aliphatic heterocycles. The molecule has 0 saturated heterocycles. The zero-order valence-corrected chi connectivity index (χ0v) is 15.8. The van der Waals surface area contributed by atoms with Crippen molar-refractivity contribution in [2.24, 2.45) is 0 Å². The highest BCUT2D eigenvalue weighted by molar-refractivity contribution is 7.99. The lowest BCUT2D eigenvalue weighted by Gasteiger charge is -2.08. The van der Waals surface area contributed by atoms with Gasteiger partial charge in [0.15, 0.2) is 11.0 Å². The van der Waals surface area contributed by atoms with E-state index in [1.807, 2.05) is 29.7 Å². The molecule has 0 aliphatic rings. The van der Waals surface area contributed by atoms with Crippen LogP contribution in [0.25, 0.3) is 11.4 Å². The van der Waals surface area contributed by atoms with Crippen LogP contribution in [0, 0.1) is 10.1 Å². The average molecular weight is 398 g/mol. The van der Waals surface area contributed by atoms with Crippen molar-refractivity contribution in [2.45, 2.75) is 18.6 Å². The maximum Gasteiger partial charge on any atom is 0.269 e. The Balaban J connectivity index is 1.65. The number of hydrogen-bond acceptors (Lipinski definition) is 7. The molecular formula is C18H18N6O3S. The van der Waals surface area contributed by atoms with Crippen LogP contribution in [0.2, 0.25) is 0 Å². The summed E-state index contributed by atoms with van der Waals surface area (Å²) in [7, 11) is 0. The van der Waals surface area contributed by atoms with Crippen molar-refractivity contribution in [3.05, 3.63) is 58.6 Å². The van der Waals surface area contributed by atoms with Crippen LogP contribution >= 0.6 is 11.8 Å². The predicted octanol–water partition coefficient (Wildman–Crippen LogP) is 3.19. The van der Waals surface area contributed by atoms with Gasteiger partial charge in [0.05, 0.1) is 10.7 Å². The molecule has 3 N–H and O–H groups in total. The van der Waals surface area contributed by atoms with E-state index in [-0.39, 0.29) is 17.3 Å². The molecule has 0 unspecified atom stereocenters. The van der Waals surface area contributed by atoms with Crippen molar-refractivity contribution in [3.8, 4) is 11.4 Å². The van der Waals surface area contributed by atoms with Gasteiger partial charge < -0.3 is 15.6 Å². The molecule has 1 aromatic heterocycles. The standard InChI is InChI=1S/C18H18N6O3S/c1-2-23-17(12-4-3-5-13(19)10-12)21-22-18(23)28-11-16(25)20-14-6-8-15(9-7-14)24(26)27/h3-10H,2,11,19H2,1H3,(H,20,25). The van der Waals surface area contributed by atoms with Crippen molar-refractivity contribution >= 4 is 34.7 Å². The number of nitro benzene ring substituents is 1. The van der Waals surface area contributed by atoms with Crippen LogP contribution in [-0.4, -0.2) is 31.3 Å². The topological polar surface area (TPSA) is 129 Å². The minimum absolute atomic E-state index is 0.0301. The molecule has 0 spiro atoms. The Labute approximate surface area is 165 Å². The van der Waals surface area contributed by atoms with E-state index in [1.165, 1.54) is 36.0 Å². The molecule has 0 radical (unpaired) electrons. The summed E-state index contributed by atoms with van der Waals surface area (Å²) in [5.74, 6) is 0.578. The maximum absolute atomic E-state index is 12.2. The lowest BCUT2D eigenvalue weighted by Crippen LogP contribution is -2.14. The summed E-state index contributed by atoms with van der Waals surface area (Å²) in [6.45, 7) is 2.61. The van der Waals surface area contributed by atoms with Gasteiger partial charge in [-0.3, -0.25) is 14.9 Å². The number of anilines is 2. The number of carbonyl (C=O) groups excluding carboxylic acids is 1. The molecule has 0 saturated carbocycles. The number of aromatic nitrogens is 3. The van der Waals surface area contributed by atoms with Crippen LogP contribution in [0.4, 0.5) is 17.1 Å². The van der Waals surface area contributed by atoms with Gasteiger partial charge in [-0.05, 0) is 31.2 Å². The highest BCUT2D eigenvalue weighted by atomic mass is 32.2. The Hall–Kier alpha value is -3.40. The van der Waals surface area contributed by atoms with Crippen molar-refractivity contribution in [1.82, 2.24) is 14.8 Å². The van der Waals surface area contributed by atoms with E-state index in [9.17, 15) is 14.9 Å². The summed E-state index contributed by atoms with van der Waals surface area (Å²) in [6.07, 6.45) is 0. The van der Waals surface area contributed by atoms with E-state index in [0.717, 1.165) is 5.56 Å². The van der Waals surface area contributed by atoms with Gasteiger partial charge in [0.25, 0.3) is 5.69 Å². The van der Waals surface area contributed by atoms with Crippen LogP contribution in [-0.2, 0) is 11.3 Å². The van der Waals surface area contributed by atoms with Gasteiger partial charge in [-0.25, -0.2) is 0 Å². The summed E-state index contributed by atoms with van der Waals surface area (Å²) >= 11 is 1.26. The molecule has 0 fully saturated rings. The summed E-state index contributed by atoms with van der Waals surface area (Å²) in [5, 5.41) is 22.4. The number of thioether (sulfide) groups is 1. The number of amides is 1. The van der Waals surface area contributed by atoms with Crippen LogP contribution in [0.1, 0.15) is 6.92 Å². The van der Waals surface area contributed by atoms with Crippen LogP contribution < -0.4 is 11.1 Å². The zero-order chi connectivity index (χ0) is 20.1. The fraction of sp³-hybridized carbons (Fsp3) is 0.167. The highest BCUT2D eigenvalue weighted by Crippen LogP contribution is 2.25. The SMILES string of the molecule is CCn1c(SCC(=O)Nc2ccc([N+](=O)[O-])cc2)nnc1-c1cccc(N)c1. The molecule has 3 aromatic rings. The van der Waals surface area contributed by atoms with Crippen LogP contribution in [0.3, 0.4) is 0 Å². The summed E-state index contributed by atoms with van der Waals surface area (Å²) in [6, 6.07) is 13.1. The first-order valence-electron chi connectivity index (χ1n) is 8.44. The Morgan fingerprint density at radius 2 is 2.00 bits per heavy atom. The molecule has 0 bridgehead atoms. The Bertz CT molecular complexity index is 1000. The van der Waals surface area contributed by atoms with Gasteiger partial charge in [0.1, 0.15) is 0 Å². The van der Waals surface area contributed by atoms with Crippen LogP contribution in [0.5, 0.6) is 0 Å². The van der Waals surface area contributed by atoms with E-state index < -0.39 is 4.92 Å². The number of nitrogens with one attached hydrogen (secondary N) is 1. The second-order valence-corrected chi connectivity index (χ2v) is 6.76. The third-order valence-corrected chi connectivity index (χ3v) is 4.84. The first-order valence-corrected chi connectivity index (χ1v) is 9.42. The van der Waals surface area contributed by atoms with E-state index in [4.69, 9.17) is 5.73 Å². The first-order chi connectivity index (χ1) is 13.5. The number of non-ortho nitro benzene ring substituents is 1. The number of nitrogen functional groups attached to an aromatic ring is 1. The zero-order valence-electron chi connectivity index (χ0n) is 15.0. The van der Waals surface area contributed by atoms with Crippen molar-refractivity contribution in [2.75, 3.05) is 16.8 Å². The largest absolute Gasteiger partial charge is 0.399 e. The monoisotopic (exact) mass is 398 g/mol. The molecule has 0 atom stereocenters. The van der Waals surface area contributed by atoms with Gasteiger partial charge in [-0.1, -0.05) is 23.9 Å². The molecule has 1 heterocycles. The fourth-order valence-corrected chi connectivity index (χ4v) is 3.37. The Morgan fingerprint density at radius 1 is 1.25 bits per heavy atom. The maximum atomic E-state index is 12.2. The molecule has 0 aliphatic carbocycles. The number of nitro groups is 1. The number of benzene rings is 2. The fourth-order valence-electron chi connectivity index (χ4n) is 2.57. The summed E-state index contributed by atoms with van der Waals surface area (Å²) < 4.78 is 1.92. The number of carbonyl (C=O) groups is 1.